The van der Waals surface area contributed by atoms with Crippen molar-refractivity contribution in [2.75, 3.05) is 6.61 Å². The van der Waals surface area contributed by atoms with E-state index in [0.717, 1.165) is 0 Å². The Kier molecular flexibility index (Phi) is 3.57. The molecule has 1 aromatic carbocycles. The average molecular weight is 248 g/mol. The molecule has 0 amide bonds. The quantitative estimate of drug-likeness (QED) is 0.455. The molecule has 0 spiro atoms. The van der Waals surface area contributed by atoms with Gasteiger partial charge in [0.15, 0.2) is 5.75 Å². The summed E-state index contributed by atoms with van der Waals surface area (Å²) in [5.74, 6) is 0.305. The van der Waals surface area contributed by atoms with Gasteiger partial charge in [-0.15, -0.1) is 0 Å². The molecule has 0 aliphatic carbocycles. The summed E-state index contributed by atoms with van der Waals surface area (Å²) in [6.45, 7) is 1.03. The molecule has 0 N–H and O–H groups in total. The molecule has 0 saturated carbocycles. The van der Waals surface area contributed by atoms with Gasteiger partial charge in [-0.2, -0.15) is 0 Å². The van der Waals surface area contributed by atoms with Crippen molar-refractivity contribution in [1.29, 1.82) is 0 Å². The van der Waals surface area contributed by atoms with Crippen LogP contribution in [0.4, 0.5) is 5.69 Å². The molecule has 2 aromatic rings. The predicted octanol–water partition coefficient (Wildman–Crippen LogP) is 1.30. The normalized spacial score (nSPS) is 10.3. The van der Waals surface area contributed by atoms with E-state index in [1.807, 2.05) is 34.9 Å². The Bertz CT molecular complexity index is 551. The fourth-order valence-corrected chi connectivity index (χ4v) is 1.63. The molecule has 1 aromatic heterocycles. The Labute approximate surface area is 104 Å². The number of hydrogen-bond acceptors (Lipinski definition) is 3. The fourth-order valence-electron chi connectivity index (χ4n) is 1.63. The number of nitro groups is 1. The first-order chi connectivity index (χ1) is 8.66. The number of ether oxygens (including phenoxy) is 1. The molecule has 94 valence electrons. The van der Waals surface area contributed by atoms with Crippen molar-refractivity contribution in [2.24, 2.45) is 7.05 Å². The molecular weight excluding hydrogens is 234 g/mol. The predicted molar refractivity (Wildman–Crippen MR) is 64.2 cm³/mol. The maximum Gasteiger partial charge on any atom is 0.310 e. The van der Waals surface area contributed by atoms with Crippen LogP contribution in [0.15, 0.2) is 43.0 Å². The van der Waals surface area contributed by atoms with Crippen LogP contribution in [0.1, 0.15) is 0 Å². The summed E-state index contributed by atoms with van der Waals surface area (Å²) >= 11 is 0. The molecule has 0 atom stereocenters. The summed E-state index contributed by atoms with van der Waals surface area (Å²) in [6.07, 6.45) is 5.76. The molecule has 0 bridgehead atoms. The van der Waals surface area contributed by atoms with Crippen LogP contribution in [-0.4, -0.2) is 16.1 Å². The van der Waals surface area contributed by atoms with Crippen LogP contribution in [-0.2, 0) is 13.6 Å². The lowest BCUT2D eigenvalue weighted by molar-refractivity contribution is -0.671. The molecule has 2 rings (SSSR count). The van der Waals surface area contributed by atoms with Gasteiger partial charge in [0.1, 0.15) is 25.5 Å². The number of rotatable bonds is 5. The summed E-state index contributed by atoms with van der Waals surface area (Å²) in [6, 6.07) is 6.38. The number of aromatic nitrogens is 2. The highest BCUT2D eigenvalue weighted by Gasteiger charge is 2.13. The summed E-state index contributed by atoms with van der Waals surface area (Å²) in [4.78, 5) is 10.3. The first-order valence-electron chi connectivity index (χ1n) is 5.54. The number of hydrogen-bond donors (Lipinski definition) is 0. The zero-order valence-electron chi connectivity index (χ0n) is 10.0. The van der Waals surface area contributed by atoms with Gasteiger partial charge < -0.3 is 4.74 Å². The van der Waals surface area contributed by atoms with Crippen molar-refractivity contribution in [3.63, 3.8) is 0 Å². The number of nitro benzene ring substituents is 1. The van der Waals surface area contributed by atoms with Gasteiger partial charge in [-0.1, -0.05) is 12.1 Å². The van der Waals surface area contributed by atoms with Gasteiger partial charge in [0.2, 0.25) is 6.33 Å². The third-order valence-corrected chi connectivity index (χ3v) is 2.49. The van der Waals surface area contributed by atoms with E-state index in [1.54, 1.807) is 18.2 Å². The molecule has 0 unspecified atom stereocenters. The Balaban J connectivity index is 1.96. The number of imidazole rings is 1. The number of aryl methyl sites for hydroxylation is 1. The maximum atomic E-state index is 10.8. The summed E-state index contributed by atoms with van der Waals surface area (Å²) in [7, 11) is 1.93. The molecule has 0 aliphatic heterocycles. The Morgan fingerprint density at radius 3 is 2.89 bits per heavy atom. The van der Waals surface area contributed by atoms with Crippen molar-refractivity contribution in [3.8, 4) is 5.75 Å². The smallest absolute Gasteiger partial charge is 0.310 e. The molecular formula is C12H14N3O3+. The van der Waals surface area contributed by atoms with Gasteiger partial charge in [0.05, 0.1) is 12.0 Å². The van der Waals surface area contributed by atoms with Crippen LogP contribution in [0.25, 0.3) is 0 Å². The number of benzene rings is 1. The van der Waals surface area contributed by atoms with E-state index in [4.69, 9.17) is 4.74 Å². The molecule has 0 radical (unpaired) electrons. The van der Waals surface area contributed by atoms with Gasteiger partial charge in [-0.05, 0) is 6.07 Å². The highest BCUT2D eigenvalue weighted by molar-refractivity contribution is 5.45. The van der Waals surface area contributed by atoms with Gasteiger partial charge in [-0.25, -0.2) is 9.13 Å². The van der Waals surface area contributed by atoms with Crippen LogP contribution in [0.3, 0.4) is 0 Å². The van der Waals surface area contributed by atoms with Crippen LogP contribution in [0.2, 0.25) is 0 Å². The third kappa shape index (κ3) is 2.85. The second-order valence-corrected chi connectivity index (χ2v) is 3.89. The zero-order chi connectivity index (χ0) is 13.0. The van der Waals surface area contributed by atoms with Gasteiger partial charge in [-0.3, -0.25) is 10.1 Å². The van der Waals surface area contributed by atoms with Gasteiger partial charge >= 0.3 is 5.69 Å². The van der Waals surface area contributed by atoms with Crippen molar-refractivity contribution < 1.29 is 14.2 Å². The monoisotopic (exact) mass is 248 g/mol. The maximum absolute atomic E-state index is 10.8. The van der Waals surface area contributed by atoms with Crippen LogP contribution in [0.5, 0.6) is 5.75 Å². The molecule has 0 aliphatic rings. The van der Waals surface area contributed by atoms with E-state index >= 15 is 0 Å². The minimum Gasteiger partial charge on any atom is -0.483 e. The van der Waals surface area contributed by atoms with Crippen LogP contribution < -0.4 is 9.30 Å². The average Bonchev–Trinajstić information content (AvgIpc) is 2.75. The van der Waals surface area contributed by atoms with E-state index < -0.39 is 4.92 Å². The zero-order valence-corrected chi connectivity index (χ0v) is 10.0. The molecule has 6 nitrogen and oxygen atoms in total. The lowest BCUT2D eigenvalue weighted by Crippen LogP contribution is -2.24. The number of nitrogens with zero attached hydrogens (tertiary/aromatic N) is 3. The SMILES string of the molecule is C[n+]1ccn(CCOc2ccccc2[N+](=O)[O-])c1. The van der Waals surface area contributed by atoms with E-state index in [-0.39, 0.29) is 5.69 Å². The van der Waals surface area contributed by atoms with Crippen LogP contribution >= 0.6 is 0 Å². The fraction of sp³-hybridized carbons (Fsp3) is 0.250. The molecule has 18 heavy (non-hydrogen) atoms. The van der Waals surface area contributed by atoms with Gasteiger partial charge in [0, 0.05) is 6.07 Å². The first-order valence-corrected chi connectivity index (χ1v) is 5.54. The van der Waals surface area contributed by atoms with Crippen LogP contribution in [0, 0.1) is 10.1 Å². The summed E-state index contributed by atoms with van der Waals surface area (Å²) in [5.41, 5.74) is -0.00411. The molecule has 0 fully saturated rings. The van der Waals surface area contributed by atoms with E-state index in [1.165, 1.54) is 6.07 Å². The Morgan fingerprint density at radius 1 is 1.44 bits per heavy atom. The molecule has 1 heterocycles. The minimum absolute atomic E-state index is 0.00411. The second-order valence-electron chi connectivity index (χ2n) is 3.89. The number of para-hydroxylation sites is 2. The van der Waals surface area contributed by atoms with Crippen molar-refractivity contribution in [1.82, 2.24) is 4.57 Å². The van der Waals surface area contributed by atoms with Crippen molar-refractivity contribution in [3.05, 3.63) is 53.1 Å². The Hall–Kier alpha value is -2.37. The third-order valence-electron chi connectivity index (χ3n) is 2.49. The summed E-state index contributed by atoms with van der Waals surface area (Å²) in [5, 5.41) is 10.8. The molecule has 0 saturated heterocycles. The van der Waals surface area contributed by atoms with Gasteiger partial charge in [0.25, 0.3) is 0 Å². The van der Waals surface area contributed by atoms with E-state index in [9.17, 15) is 10.1 Å². The topological polar surface area (TPSA) is 61.2 Å². The van der Waals surface area contributed by atoms with Crippen molar-refractivity contribution in [2.45, 2.75) is 6.54 Å². The second kappa shape index (κ2) is 5.31. The molecule has 6 heteroatoms. The first kappa shape index (κ1) is 12.1. The standard InChI is InChI=1S/C12H14N3O3/c1-13-6-7-14(10-13)8-9-18-12-5-3-2-4-11(12)15(16)17/h2-7,10H,8-9H2,1H3/q+1. The summed E-state index contributed by atoms with van der Waals surface area (Å²) < 4.78 is 9.31. The lowest BCUT2D eigenvalue weighted by atomic mass is 10.3. The Morgan fingerprint density at radius 2 is 2.22 bits per heavy atom. The van der Waals surface area contributed by atoms with E-state index in [0.29, 0.717) is 18.9 Å². The van der Waals surface area contributed by atoms with E-state index in [2.05, 4.69) is 0 Å². The highest BCUT2D eigenvalue weighted by Crippen LogP contribution is 2.25. The van der Waals surface area contributed by atoms with Crippen molar-refractivity contribution >= 4 is 5.69 Å². The minimum atomic E-state index is -0.439. The lowest BCUT2D eigenvalue weighted by Gasteiger charge is -2.04. The largest absolute Gasteiger partial charge is 0.483 e. The highest BCUT2D eigenvalue weighted by atomic mass is 16.6.